The van der Waals surface area contributed by atoms with Crippen molar-refractivity contribution in [3.63, 3.8) is 0 Å². The van der Waals surface area contributed by atoms with Crippen LogP contribution in [0, 0.1) is 17.3 Å². The van der Waals surface area contributed by atoms with Crippen LogP contribution in [0.4, 0.5) is 0 Å². The topological polar surface area (TPSA) is 21.3 Å². The summed E-state index contributed by atoms with van der Waals surface area (Å²) in [6, 6.07) is 0. The van der Waals surface area contributed by atoms with E-state index in [9.17, 15) is 0 Å². The maximum atomic E-state index is 5.14. The number of nitrogens with one attached hydrogen (secondary N) is 1. The molecule has 0 rings (SSSR count). The minimum absolute atomic E-state index is 0.396. The molecule has 2 heteroatoms. The molecule has 98 valence electrons. The summed E-state index contributed by atoms with van der Waals surface area (Å²) < 4.78 is 5.14. The van der Waals surface area contributed by atoms with Crippen molar-refractivity contribution < 1.29 is 4.74 Å². The van der Waals surface area contributed by atoms with Gasteiger partial charge in [0, 0.05) is 20.3 Å². The molecular weight excluding hydrogens is 198 g/mol. The SMILES string of the molecule is COCCCC(C)(CNCC(C)C)C(C)C. The summed E-state index contributed by atoms with van der Waals surface area (Å²) >= 11 is 0. The van der Waals surface area contributed by atoms with Gasteiger partial charge < -0.3 is 10.1 Å². The molecule has 2 nitrogen and oxygen atoms in total. The number of methoxy groups -OCH3 is 1. The van der Waals surface area contributed by atoms with Crippen molar-refractivity contribution in [2.75, 3.05) is 26.8 Å². The monoisotopic (exact) mass is 229 g/mol. The van der Waals surface area contributed by atoms with Crippen LogP contribution in [-0.2, 0) is 4.74 Å². The van der Waals surface area contributed by atoms with Crippen LogP contribution in [0.25, 0.3) is 0 Å². The van der Waals surface area contributed by atoms with Crippen molar-refractivity contribution in [3.8, 4) is 0 Å². The highest BCUT2D eigenvalue weighted by atomic mass is 16.5. The van der Waals surface area contributed by atoms with Crippen molar-refractivity contribution in [2.24, 2.45) is 17.3 Å². The van der Waals surface area contributed by atoms with Crippen molar-refractivity contribution in [1.29, 1.82) is 0 Å². The standard InChI is InChI=1S/C14H31NO/c1-12(2)10-15-11-14(5,13(3)4)8-7-9-16-6/h12-13,15H,7-11H2,1-6H3. The summed E-state index contributed by atoms with van der Waals surface area (Å²) in [4.78, 5) is 0. The van der Waals surface area contributed by atoms with Gasteiger partial charge in [-0.15, -0.1) is 0 Å². The molecule has 1 unspecified atom stereocenters. The first-order valence-corrected chi connectivity index (χ1v) is 6.62. The zero-order chi connectivity index (χ0) is 12.6. The number of rotatable bonds is 9. The average molecular weight is 229 g/mol. The molecule has 1 atom stereocenters. The summed E-state index contributed by atoms with van der Waals surface area (Å²) in [5.41, 5.74) is 0.396. The third-order valence-corrected chi connectivity index (χ3v) is 3.57. The Hall–Kier alpha value is -0.0800. The lowest BCUT2D eigenvalue weighted by molar-refractivity contribution is 0.141. The van der Waals surface area contributed by atoms with Crippen molar-refractivity contribution >= 4 is 0 Å². The van der Waals surface area contributed by atoms with Crippen molar-refractivity contribution in [2.45, 2.75) is 47.5 Å². The first kappa shape index (κ1) is 15.9. The molecule has 0 heterocycles. The van der Waals surface area contributed by atoms with Crippen LogP contribution in [0.2, 0.25) is 0 Å². The summed E-state index contributed by atoms with van der Waals surface area (Å²) in [6.45, 7) is 14.7. The minimum Gasteiger partial charge on any atom is -0.385 e. The number of ether oxygens (including phenoxy) is 1. The lowest BCUT2D eigenvalue weighted by atomic mass is 9.75. The van der Waals surface area contributed by atoms with E-state index in [1.165, 1.54) is 6.42 Å². The predicted octanol–water partition coefficient (Wildman–Crippen LogP) is 3.32. The van der Waals surface area contributed by atoms with Gasteiger partial charge in [0.1, 0.15) is 0 Å². The molecule has 0 aliphatic heterocycles. The van der Waals surface area contributed by atoms with Crippen LogP contribution in [-0.4, -0.2) is 26.8 Å². The maximum Gasteiger partial charge on any atom is 0.0462 e. The summed E-state index contributed by atoms with van der Waals surface area (Å²) in [5.74, 6) is 1.44. The molecule has 0 bridgehead atoms. The Bertz CT molecular complexity index is 168. The zero-order valence-electron chi connectivity index (χ0n) is 12.1. The van der Waals surface area contributed by atoms with Crippen molar-refractivity contribution in [1.82, 2.24) is 5.32 Å². The second-order valence-corrected chi connectivity index (χ2v) is 5.93. The van der Waals surface area contributed by atoms with Gasteiger partial charge in [0.25, 0.3) is 0 Å². The lowest BCUT2D eigenvalue weighted by Crippen LogP contribution is -2.37. The predicted molar refractivity (Wildman–Crippen MR) is 71.8 cm³/mol. The number of hydrogen-bond donors (Lipinski definition) is 1. The fourth-order valence-corrected chi connectivity index (χ4v) is 1.85. The highest BCUT2D eigenvalue weighted by Gasteiger charge is 2.27. The van der Waals surface area contributed by atoms with Crippen LogP contribution in [0.15, 0.2) is 0 Å². The average Bonchev–Trinajstić information content (AvgIpc) is 2.17. The fraction of sp³-hybridized carbons (Fsp3) is 1.00. The highest BCUT2D eigenvalue weighted by molar-refractivity contribution is 4.80. The molecule has 0 aromatic carbocycles. The van der Waals surface area contributed by atoms with Crippen LogP contribution in [0.5, 0.6) is 0 Å². The molecule has 0 spiro atoms. The largest absolute Gasteiger partial charge is 0.385 e. The summed E-state index contributed by atoms with van der Waals surface area (Å²) in [6.07, 6.45) is 2.40. The molecular formula is C14H31NO. The normalized spacial score (nSPS) is 15.8. The zero-order valence-corrected chi connectivity index (χ0v) is 12.1. The smallest absolute Gasteiger partial charge is 0.0462 e. The van der Waals surface area contributed by atoms with Gasteiger partial charge in [-0.2, -0.15) is 0 Å². The molecule has 0 aromatic rings. The number of hydrogen-bond acceptors (Lipinski definition) is 2. The van der Waals surface area contributed by atoms with Gasteiger partial charge in [0.2, 0.25) is 0 Å². The van der Waals surface area contributed by atoms with E-state index in [2.05, 4.69) is 39.9 Å². The van der Waals surface area contributed by atoms with E-state index >= 15 is 0 Å². The molecule has 1 N–H and O–H groups in total. The second-order valence-electron chi connectivity index (χ2n) is 5.93. The van der Waals surface area contributed by atoms with Crippen LogP contribution in [0.3, 0.4) is 0 Å². The molecule has 0 aromatic heterocycles. The third-order valence-electron chi connectivity index (χ3n) is 3.57. The van der Waals surface area contributed by atoms with Gasteiger partial charge in [-0.05, 0) is 36.6 Å². The first-order valence-electron chi connectivity index (χ1n) is 6.62. The Balaban J connectivity index is 4.01. The highest BCUT2D eigenvalue weighted by Crippen LogP contribution is 2.31. The second kappa shape index (κ2) is 8.08. The van der Waals surface area contributed by atoms with Gasteiger partial charge in [-0.3, -0.25) is 0 Å². The van der Waals surface area contributed by atoms with Crippen molar-refractivity contribution in [3.05, 3.63) is 0 Å². The van der Waals surface area contributed by atoms with Gasteiger partial charge in [-0.25, -0.2) is 0 Å². The van der Waals surface area contributed by atoms with E-state index in [-0.39, 0.29) is 0 Å². The van der Waals surface area contributed by atoms with E-state index < -0.39 is 0 Å². The lowest BCUT2D eigenvalue weighted by Gasteiger charge is -2.34. The van der Waals surface area contributed by atoms with E-state index in [1.54, 1.807) is 7.11 Å². The van der Waals surface area contributed by atoms with Crippen LogP contribution in [0.1, 0.15) is 47.5 Å². The molecule has 0 fully saturated rings. The van der Waals surface area contributed by atoms with E-state index in [0.717, 1.165) is 32.0 Å². The van der Waals surface area contributed by atoms with E-state index in [4.69, 9.17) is 4.74 Å². The molecule has 0 saturated carbocycles. The molecule has 0 radical (unpaired) electrons. The van der Waals surface area contributed by atoms with Gasteiger partial charge >= 0.3 is 0 Å². The summed E-state index contributed by atoms with van der Waals surface area (Å²) in [7, 11) is 1.78. The van der Waals surface area contributed by atoms with Gasteiger partial charge in [-0.1, -0.05) is 34.6 Å². The first-order chi connectivity index (χ1) is 7.42. The van der Waals surface area contributed by atoms with E-state index in [0.29, 0.717) is 11.3 Å². The quantitative estimate of drug-likeness (QED) is 0.612. The Kier molecular flexibility index (Phi) is 8.04. The van der Waals surface area contributed by atoms with Gasteiger partial charge in [0.05, 0.1) is 0 Å². The fourth-order valence-electron chi connectivity index (χ4n) is 1.85. The maximum absolute atomic E-state index is 5.14. The molecule has 16 heavy (non-hydrogen) atoms. The van der Waals surface area contributed by atoms with Gasteiger partial charge in [0.15, 0.2) is 0 Å². The molecule has 0 aliphatic carbocycles. The Labute approximate surface area is 102 Å². The summed E-state index contributed by atoms with van der Waals surface area (Å²) in [5, 5.41) is 3.59. The Morgan fingerprint density at radius 2 is 1.81 bits per heavy atom. The van der Waals surface area contributed by atoms with E-state index in [1.807, 2.05) is 0 Å². The Morgan fingerprint density at radius 3 is 2.25 bits per heavy atom. The molecule has 0 aliphatic rings. The minimum atomic E-state index is 0.396. The Morgan fingerprint density at radius 1 is 1.19 bits per heavy atom. The van der Waals surface area contributed by atoms with Crippen LogP contribution >= 0.6 is 0 Å². The third kappa shape index (κ3) is 6.49. The van der Waals surface area contributed by atoms with Crippen LogP contribution < -0.4 is 5.32 Å². The molecule has 0 saturated heterocycles. The molecule has 0 amide bonds.